The van der Waals surface area contributed by atoms with Crippen molar-refractivity contribution in [3.05, 3.63) is 35.9 Å². The summed E-state index contributed by atoms with van der Waals surface area (Å²) in [5.41, 5.74) is 1.11. The van der Waals surface area contributed by atoms with Crippen LogP contribution in [0.2, 0.25) is 0 Å². The second-order valence-electron chi connectivity index (χ2n) is 7.93. The molecule has 4 N–H and O–H groups in total. The van der Waals surface area contributed by atoms with Crippen LogP contribution in [0, 0.1) is 5.92 Å². The maximum absolute atomic E-state index is 12.3. The van der Waals surface area contributed by atoms with Gasteiger partial charge < -0.3 is 21.1 Å². The zero-order valence-corrected chi connectivity index (χ0v) is 17.4. The average molecular weight is 389 g/mol. The molecule has 0 aromatic heterocycles. The number of nitrogens with zero attached hydrogens (tertiary/aromatic N) is 1. The van der Waals surface area contributed by atoms with Gasteiger partial charge in [0.05, 0.1) is 12.6 Å². The minimum absolute atomic E-state index is 0.0557. The molecular formula is C22H36N4O2. The maximum atomic E-state index is 12.3. The molecule has 6 heteroatoms. The van der Waals surface area contributed by atoms with Crippen molar-refractivity contribution in [2.24, 2.45) is 10.9 Å². The first-order valence-electron chi connectivity index (χ1n) is 10.5. The summed E-state index contributed by atoms with van der Waals surface area (Å²) >= 11 is 0. The van der Waals surface area contributed by atoms with E-state index in [2.05, 4.69) is 20.9 Å². The Hall–Kier alpha value is -2.08. The molecule has 28 heavy (non-hydrogen) atoms. The number of aliphatic hydroxyl groups is 1. The molecule has 0 bridgehead atoms. The van der Waals surface area contributed by atoms with Crippen LogP contribution in [0.3, 0.4) is 0 Å². The van der Waals surface area contributed by atoms with Gasteiger partial charge in [-0.05, 0) is 45.6 Å². The molecule has 0 heterocycles. The molecule has 2 rings (SSSR count). The normalized spacial score (nSPS) is 21.2. The zero-order valence-electron chi connectivity index (χ0n) is 17.4. The largest absolute Gasteiger partial charge is 0.391 e. The van der Waals surface area contributed by atoms with Crippen molar-refractivity contribution in [2.75, 3.05) is 13.1 Å². The van der Waals surface area contributed by atoms with E-state index < -0.39 is 6.10 Å². The van der Waals surface area contributed by atoms with E-state index in [1.54, 1.807) is 0 Å². The highest BCUT2D eigenvalue weighted by Crippen LogP contribution is 2.24. The van der Waals surface area contributed by atoms with Crippen LogP contribution < -0.4 is 16.0 Å². The Morgan fingerprint density at radius 3 is 2.68 bits per heavy atom. The fourth-order valence-corrected chi connectivity index (χ4v) is 3.62. The third-order valence-electron chi connectivity index (χ3n) is 4.94. The van der Waals surface area contributed by atoms with E-state index in [1.165, 1.54) is 0 Å². The molecule has 156 valence electrons. The van der Waals surface area contributed by atoms with Gasteiger partial charge in [-0.1, -0.05) is 36.8 Å². The van der Waals surface area contributed by atoms with Crippen LogP contribution in [0.4, 0.5) is 0 Å². The first kappa shape index (κ1) is 22.2. The lowest BCUT2D eigenvalue weighted by molar-refractivity contribution is -0.126. The topological polar surface area (TPSA) is 85.8 Å². The number of benzene rings is 1. The van der Waals surface area contributed by atoms with E-state index in [-0.39, 0.29) is 23.9 Å². The molecule has 1 saturated carbocycles. The van der Waals surface area contributed by atoms with Crippen LogP contribution >= 0.6 is 0 Å². The molecule has 1 aliphatic carbocycles. The Morgan fingerprint density at radius 1 is 1.25 bits per heavy atom. The Balaban J connectivity index is 1.88. The first-order valence-corrected chi connectivity index (χ1v) is 10.5. The van der Waals surface area contributed by atoms with Crippen molar-refractivity contribution >= 4 is 11.9 Å². The molecule has 0 radical (unpaired) electrons. The molecule has 1 amide bonds. The van der Waals surface area contributed by atoms with Gasteiger partial charge in [0.25, 0.3) is 0 Å². The molecule has 3 atom stereocenters. The summed E-state index contributed by atoms with van der Waals surface area (Å²) in [6, 6.07) is 10.4. The van der Waals surface area contributed by atoms with Crippen LogP contribution in [0.25, 0.3) is 0 Å². The SMILES string of the molecule is CCNC(=NCC(O)Cc1ccccc1)NC1CCCC(C(=O)NC(C)C)C1. The highest BCUT2D eigenvalue weighted by molar-refractivity contribution is 5.81. The Morgan fingerprint density at radius 2 is 2.00 bits per heavy atom. The standard InChI is InChI=1S/C22H36N4O2/c1-4-23-22(24-15-20(27)13-17-9-6-5-7-10-17)26-19-12-8-11-18(14-19)21(28)25-16(2)3/h5-7,9-10,16,18-20,27H,4,8,11-15H2,1-3H3,(H,25,28)(H2,23,24,26). The van der Waals surface area contributed by atoms with Crippen LogP contribution in [0.1, 0.15) is 52.0 Å². The summed E-state index contributed by atoms with van der Waals surface area (Å²) < 4.78 is 0. The highest BCUT2D eigenvalue weighted by atomic mass is 16.3. The van der Waals surface area contributed by atoms with E-state index >= 15 is 0 Å². The van der Waals surface area contributed by atoms with E-state index in [1.807, 2.05) is 51.1 Å². The van der Waals surface area contributed by atoms with Crippen molar-refractivity contribution in [1.82, 2.24) is 16.0 Å². The molecule has 3 unspecified atom stereocenters. The van der Waals surface area contributed by atoms with Gasteiger partial charge in [-0.15, -0.1) is 0 Å². The number of nitrogens with one attached hydrogen (secondary N) is 3. The van der Waals surface area contributed by atoms with Crippen LogP contribution in [-0.4, -0.2) is 48.3 Å². The Labute approximate surface area is 169 Å². The quantitative estimate of drug-likeness (QED) is 0.406. The van der Waals surface area contributed by atoms with Crippen molar-refractivity contribution < 1.29 is 9.90 Å². The summed E-state index contributed by atoms with van der Waals surface area (Å²) in [6.07, 6.45) is 3.89. The third kappa shape index (κ3) is 7.89. The number of hydrogen-bond donors (Lipinski definition) is 4. The number of hydrogen-bond acceptors (Lipinski definition) is 3. The summed E-state index contributed by atoms with van der Waals surface area (Å²) in [4.78, 5) is 16.9. The maximum Gasteiger partial charge on any atom is 0.223 e. The molecule has 1 aromatic carbocycles. The van der Waals surface area contributed by atoms with Crippen LogP contribution in [-0.2, 0) is 11.2 Å². The summed E-state index contributed by atoms with van der Waals surface area (Å²) in [5, 5.41) is 20.1. The third-order valence-corrected chi connectivity index (χ3v) is 4.94. The second-order valence-corrected chi connectivity index (χ2v) is 7.93. The fourth-order valence-electron chi connectivity index (χ4n) is 3.62. The lowest BCUT2D eigenvalue weighted by Gasteiger charge is -2.30. The lowest BCUT2D eigenvalue weighted by atomic mass is 9.85. The second kappa shape index (κ2) is 11.7. The molecule has 0 aliphatic heterocycles. The lowest BCUT2D eigenvalue weighted by Crippen LogP contribution is -2.47. The summed E-state index contributed by atoms with van der Waals surface area (Å²) in [7, 11) is 0. The number of carbonyl (C=O) groups excluding carboxylic acids is 1. The predicted molar refractivity (Wildman–Crippen MR) is 114 cm³/mol. The molecule has 6 nitrogen and oxygen atoms in total. The van der Waals surface area contributed by atoms with Crippen LogP contribution in [0.15, 0.2) is 35.3 Å². The van der Waals surface area contributed by atoms with E-state index in [0.717, 1.165) is 37.8 Å². The average Bonchev–Trinajstić information content (AvgIpc) is 2.67. The minimum atomic E-state index is -0.520. The van der Waals surface area contributed by atoms with Gasteiger partial charge in [0, 0.05) is 31.0 Å². The van der Waals surface area contributed by atoms with Gasteiger partial charge in [0.15, 0.2) is 5.96 Å². The fraction of sp³-hybridized carbons (Fsp3) is 0.636. The number of amides is 1. The van der Waals surface area contributed by atoms with E-state index in [4.69, 9.17) is 0 Å². The molecule has 1 aromatic rings. The van der Waals surface area contributed by atoms with Gasteiger partial charge in [0.1, 0.15) is 0 Å². The van der Waals surface area contributed by atoms with Gasteiger partial charge >= 0.3 is 0 Å². The molecule has 0 spiro atoms. The van der Waals surface area contributed by atoms with Gasteiger partial charge in [-0.25, -0.2) is 0 Å². The Kier molecular flexibility index (Phi) is 9.28. The number of rotatable bonds is 8. The monoisotopic (exact) mass is 388 g/mol. The van der Waals surface area contributed by atoms with Gasteiger partial charge in [-0.3, -0.25) is 9.79 Å². The smallest absolute Gasteiger partial charge is 0.223 e. The molecule has 1 aliphatic rings. The minimum Gasteiger partial charge on any atom is -0.391 e. The van der Waals surface area contributed by atoms with Crippen molar-refractivity contribution in [3.8, 4) is 0 Å². The van der Waals surface area contributed by atoms with Gasteiger partial charge in [0.2, 0.25) is 5.91 Å². The first-order chi connectivity index (χ1) is 13.5. The van der Waals surface area contributed by atoms with Crippen LogP contribution in [0.5, 0.6) is 0 Å². The van der Waals surface area contributed by atoms with E-state index in [9.17, 15) is 9.90 Å². The predicted octanol–water partition coefficient (Wildman–Crippen LogP) is 2.23. The van der Waals surface area contributed by atoms with Crippen molar-refractivity contribution in [1.29, 1.82) is 0 Å². The molecule has 1 fully saturated rings. The number of guanidine groups is 1. The zero-order chi connectivity index (χ0) is 20.4. The molecule has 0 saturated heterocycles. The highest BCUT2D eigenvalue weighted by Gasteiger charge is 2.28. The summed E-state index contributed by atoms with van der Waals surface area (Å²) in [6.45, 7) is 7.11. The van der Waals surface area contributed by atoms with Gasteiger partial charge in [-0.2, -0.15) is 0 Å². The number of aliphatic imine (C=N–C) groups is 1. The van der Waals surface area contributed by atoms with E-state index in [0.29, 0.717) is 18.9 Å². The van der Waals surface area contributed by atoms with Crippen molar-refractivity contribution in [2.45, 2.75) is 71.1 Å². The summed E-state index contributed by atoms with van der Waals surface area (Å²) in [5.74, 6) is 0.923. The number of carbonyl (C=O) groups is 1. The van der Waals surface area contributed by atoms with Crippen molar-refractivity contribution in [3.63, 3.8) is 0 Å². The molecular weight excluding hydrogens is 352 g/mol. The Bertz CT molecular complexity index is 618. The number of aliphatic hydroxyl groups excluding tert-OH is 1.